The van der Waals surface area contributed by atoms with E-state index in [9.17, 15) is 18.0 Å². The van der Waals surface area contributed by atoms with Gasteiger partial charge < -0.3 is 24.8 Å². The number of ether oxygens (including phenoxy) is 3. The first kappa shape index (κ1) is 22.5. The molecule has 3 aliphatic heterocycles. The Morgan fingerprint density at radius 3 is 2.71 bits per heavy atom. The molecule has 0 saturated carbocycles. The van der Waals surface area contributed by atoms with E-state index >= 15 is 0 Å². The number of aryl methyl sites for hydroxylation is 1. The fourth-order valence-electron chi connectivity index (χ4n) is 4.37. The number of carbonyl (C=O) groups excluding carboxylic acids is 2. The molecule has 0 bridgehead atoms. The number of amides is 2. The first-order valence-corrected chi connectivity index (χ1v) is 12.5. The van der Waals surface area contributed by atoms with Crippen LogP contribution in [0.4, 0.5) is 11.4 Å². The zero-order valence-electron chi connectivity index (χ0n) is 18.6. The Balaban J connectivity index is 1.32. The molecule has 34 heavy (non-hydrogen) atoms. The van der Waals surface area contributed by atoms with E-state index < -0.39 is 15.9 Å². The van der Waals surface area contributed by atoms with Crippen molar-refractivity contribution in [2.24, 2.45) is 5.92 Å². The van der Waals surface area contributed by atoms with E-state index in [2.05, 4.69) is 10.6 Å². The van der Waals surface area contributed by atoms with Crippen LogP contribution in [-0.4, -0.2) is 57.4 Å². The van der Waals surface area contributed by atoms with Crippen molar-refractivity contribution in [1.29, 1.82) is 0 Å². The van der Waals surface area contributed by atoms with Crippen LogP contribution in [0.5, 0.6) is 17.2 Å². The fourth-order valence-corrected chi connectivity index (χ4v) is 6.12. The van der Waals surface area contributed by atoms with E-state index in [1.54, 1.807) is 31.2 Å². The molecule has 1 atom stereocenters. The molecule has 180 valence electrons. The molecule has 0 spiro atoms. The zero-order valence-corrected chi connectivity index (χ0v) is 19.4. The van der Waals surface area contributed by atoms with E-state index in [1.165, 1.54) is 10.4 Å². The summed E-state index contributed by atoms with van der Waals surface area (Å²) in [6, 6.07) is 8.22. The van der Waals surface area contributed by atoms with Crippen LogP contribution in [0.15, 0.2) is 35.2 Å². The van der Waals surface area contributed by atoms with Crippen molar-refractivity contribution in [2.45, 2.75) is 24.7 Å². The minimum atomic E-state index is -3.87. The number of carbonyl (C=O) groups is 2. The number of benzene rings is 2. The molecule has 1 unspecified atom stereocenters. The van der Waals surface area contributed by atoms with Crippen LogP contribution >= 0.6 is 0 Å². The molecule has 5 rings (SSSR count). The Bertz CT molecular complexity index is 1260. The van der Waals surface area contributed by atoms with Gasteiger partial charge in [0.15, 0.2) is 18.1 Å². The third-order valence-corrected chi connectivity index (χ3v) is 8.10. The van der Waals surface area contributed by atoms with E-state index in [1.807, 2.05) is 0 Å². The molecule has 3 aliphatic rings. The van der Waals surface area contributed by atoms with Gasteiger partial charge in [0, 0.05) is 30.9 Å². The monoisotopic (exact) mass is 487 g/mol. The summed E-state index contributed by atoms with van der Waals surface area (Å²) in [5, 5.41) is 5.55. The molecule has 0 aromatic heterocycles. The van der Waals surface area contributed by atoms with Gasteiger partial charge in [-0.2, -0.15) is 4.31 Å². The summed E-state index contributed by atoms with van der Waals surface area (Å²) in [6.07, 6.45) is 1.15. The van der Waals surface area contributed by atoms with Crippen LogP contribution in [0.1, 0.15) is 18.4 Å². The average Bonchev–Trinajstić information content (AvgIpc) is 2.83. The molecule has 1 saturated heterocycles. The maximum atomic E-state index is 13.5. The minimum absolute atomic E-state index is 0.0762. The maximum Gasteiger partial charge on any atom is 0.262 e. The Kier molecular flexibility index (Phi) is 5.82. The minimum Gasteiger partial charge on any atom is -0.486 e. The molecule has 0 radical (unpaired) electrons. The van der Waals surface area contributed by atoms with Crippen molar-refractivity contribution in [3.05, 3.63) is 35.9 Å². The summed E-state index contributed by atoms with van der Waals surface area (Å²) in [4.78, 5) is 24.6. The van der Waals surface area contributed by atoms with Crippen molar-refractivity contribution in [1.82, 2.24) is 4.31 Å². The Morgan fingerprint density at radius 1 is 1.09 bits per heavy atom. The molecule has 2 aromatic rings. The van der Waals surface area contributed by atoms with E-state index in [0.29, 0.717) is 66.8 Å². The van der Waals surface area contributed by atoms with Crippen LogP contribution in [0.25, 0.3) is 0 Å². The van der Waals surface area contributed by atoms with Gasteiger partial charge >= 0.3 is 0 Å². The molecule has 1 fully saturated rings. The smallest absolute Gasteiger partial charge is 0.262 e. The highest BCUT2D eigenvalue weighted by atomic mass is 32.2. The van der Waals surface area contributed by atoms with Gasteiger partial charge in [-0.1, -0.05) is 0 Å². The highest BCUT2D eigenvalue weighted by molar-refractivity contribution is 7.89. The predicted molar refractivity (Wildman–Crippen MR) is 123 cm³/mol. The lowest BCUT2D eigenvalue weighted by atomic mass is 9.98. The molecule has 2 N–H and O–H groups in total. The number of fused-ring (bicyclic) bond motifs is 2. The molecule has 3 heterocycles. The second kappa shape index (κ2) is 8.80. The summed E-state index contributed by atoms with van der Waals surface area (Å²) in [7, 11) is -3.87. The van der Waals surface area contributed by atoms with Crippen molar-refractivity contribution in [3.63, 3.8) is 0 Å². The van der Waals surface area contributed by atoms with Crippen molar-refractivity contribution < 1.29 is 32.2 Å². The van der Waals surface area contributed by atoms with Crippen molar-refractivity contribution >= 4 is 33.2 Å². The zero-order chi connectivity index (χ0) is 23.9. The lowest BCUT2D eigenvalue weighted by molar-refractivity contribution is -0.121. The first-order valence-electron chi connectivity index (χ1n) is 11.1. The number of hydrogen-bond donors (Lipinski definition) is 2. The Hall–Kier alpha value is -3.31. The Morgan fingerprint density at radius 2 is 1.88 bits per heavy atom. The van der Waals surface area contributed by atoms with Gasteiger partial charge in [-0.25, -0.2) is 8.42 Å². The van der Waals surface area contributed by atoms with Crippen LogP contribution < -0.4 is 24.8 Å². The molecule has 11 heteroatoms. The van der Waals surface area contributed by atoms with Crippen LogP contribution in [0.2, 0.25) is 0 Å². The lowest BCUT2D eigenvalue weighted by Gasteiger charge is -2.32. The second-order valence-corrected chi connectivity index (χ2v) is 10.4. The summed E-state index contributed by atoms with van der Waals surface area (Å²) < 4.78 is 44.7. The lowest BCUT2D eigenvalue weighted by Crippen LogP contribution is -2.43. The van der Waals surface area contributed by atoms with Crippen molar-refractivity contribution in [2.75, 3.05) is 43.5 Å². The third-order valence-electron chi connectivity index (χ3n) is 6.09. The summed E-state index contributed by atoms with van der Waals surface area (Å²) in [5.74, 6) is 0.482. The van der Waals surface area contributed by atoms with Gasteiger partial charge in [0.1, 0.15) is 19.0 Å². The topological polar surface area (TPSA) is 123 Å². The highest BCUT2D eigenvalue weighted by Crippen LogP contribution is 2.36. The standard InChI is InChI=1S/C23H25N3O7S/c1-14-9-17-19(33-13-22(27)25-17)11-21(14)34(29,30)26-6-2-3-15(12-26)23(28)24-16-4-5-18-20(10-16)32-8-7-31-18/h4-5,9-11,15H,2-3,6-8,12-13H2,1H3,(H,24,28)(H,25,27). The van der Waals surface area contributed by atoms with Gasteiger partial charge in [-0.15, -0.1) is 0 Å². The summed E-state index contributed by atoms with van der Waals surface area (Å²) >= 11 is 0. The number of nitrogens with zero attached hydrogens (tertiary/aromatic N) is 1. The van der Waals surface area contributed by atoms with Gasteiger partial charge in [-0.3, -0.25) is 9.59 Å². The first-order chi connectivity index (χ1) is 16.3. The number of piperidine rings is 1. The summed E-state index contributed by atoms with van der Waals surface area (Å²) in [5.41, 5.74) is 1.51. The molecule has 0 aliphatic carbocycles. The van der Waals surface area contributed by atoms with Gasteiger partial charge in [0.25, 0.3) is 5.91 Å². The average molecular weight is 488 g/mol. The number of rotatable bonds is 4. The highest BCUT2D eigenvalue weighted by Gasteiger charge is 2.35. The molecular weight excluding hydrogens is 462 g/mol. The SMILES string of the molecule is Cc1cc2c(cc1S(=O)(=O)N1CCCC(C(=O)Nc3ccc4c(c3)OCCO4)C1)OCC(=O)N2. The maximum absolute atomic E-state index is 13.5. The van der Waals surface area contributed by atoms with Gasteiger partial charge in [0.2, 0.25) is 15.9 Å². The largest absolute Gasteiger partial charge is 0.486 e. The number of hydrogen-bond acceptors (Lipinski definition) is 7. The van der Waals surface area contributed by atoms with E-state index in [-0.39, 0.29) is 29.9 Å². The number of anilines is 2. The van der Waals surface area contributed by atoms with Crippen LogP contribution in [-0.2, 0) is 19.6 Å². The molecular formula is C23H25N3O7S. The molecule has 2 amide bonds. The van der Waals surface area contributed by atoms with E-state index in [4.69, 9.17) is 14.2 Å². The summed E-state index contributed by atoms with van der Waals surface area (Å²) in [6.45, 7) is 2.83. The normalized spacial score (nSPS) is 20.0. The quantitative estimate of drug-likeness (QED) is 0.677. The molecule has 2 aromatic carbocycles. The molecule has 10 nitrogen and oxygen atoms in total. The van der Waals surface area contributed by atoms with Gasteiger partial charge in [-0.05, 0) is 43.5 Å². The fraction of sp³-hybridized carbons (Fsp3) is 0.391. The second-order valence-electron chi connectivity index (χ2n) is 8.50. The van der Waals surface area contributed by atoms with Crippen LogP contribution in [0, 0.1) is 12.8 Å². The van der Waals surface area contributed by atoms with Gasteiger partial charge in [0.05, 0.1) is 16.5 Å². The third kappa shape index (κ3) is 4.28. The Labute approximate surface area is 197 Å². The van der Waals surface area contributed by atoms with Crippen molar-refractivity contribution in [3.8, 4) is 17.2 Å². The number of nitrogens with one attached hydrogen (secondary N) is 2. The van der Waals surface area contributed by atoms with Crippen LogP contribution in [0.3, 0.4) is 0 Å². The number of sulfonamides is 1. The predicted octanol–water partition coefficient (Wildman–Crippen LogP) is 2.14. The van der Waals surface area contributed by atoms with E-state index in [0.717, 1.165) is 0 Å².